The molecule has 1 N–H and O–H groups in total. The first kappa shape index (κ1) is 21.0. The fourth-order valence-electron chi connectivity index (χ4n) is 3.12. The molecule has 0 atom stereocenters. The van der Waals surface area contributed by atoms with Gasteiger partial charge in [0.15, 0.2) is 11.5 Å². The largest absolute Gasteiger partial charge is 0.486 e. The Morgan fingerprint density at radius 1 is 1.03 bits per heavy atom. The van der Waals surface area contributed by atoms with Crippen molar-refractivity contribution in [1.29, 1.82) is 0 Å². The second-order valence-electron chi connectivity index (χ2n) is 6.71. The Morgan fingerprint density at radius 3 is 2.45 bits per heavy atom. The van der Waals surface area contributed by atoms with E-state index in [2.05, 4.69) is 14.4 Å². The fraction of sp³-hybridized carbons (Fsp3) is 0.250. The zero-order valence-corrected chi connectivity index (χ0v) is 17.0. The van der Waals surface area contributed by atoms with E-state index in [-0.39, 0.29) is 21.8 Å². The number of aryl methyl sites for hydroxylation is 1. The molecular weight excluding hydrogens is 437 g/mol. The van der Waals surface area contributed by atoms with Crippen molar-refractivity contribution in [3.05, 3.63) is 53.8 Å². The Morgan fingerprint density at radius 2 is 1.77 bits per heavy atom. The summed E-state index contributed by atoms with van der Waals surface area (Å²) in [5.41, 5.74) is 0.815. The maximum Gasteiger partial charge on any atom is 0.452 e. The van der Waals surface area contributed by atoms with Gasteiger partial charge in [0, 0.05) is 17.7 Å². The number of nitrogens with one attached hydrogen (secondary N) is 1. The van der Waals surface area contributed by atoms with Crippen LogP contribution in [0.1, 0.15) is 18.2 Å². The Hall–Kier alpha value is -3.21. The molecule has 1 aliphatic heterocycles. The Labute approximate surface area is 175 Å². The number of fused-ring (bicyclic) bond motifs is 1. The van der Waals surface area contributed by atoms with Crippen molar-refractivity contribution in [2.45, 2.75) is 24.4 Å². The standard InChI is InChI=1S/C20H17F3N2O5S/c1-2-12-3-4-13(15-11-19(30-24-15)20(21,22)23)9-18(12)31(26,27)25-14-5-6-16-17(10-14)29-8-7-28-16/h3-6,9-11,25H,2,7-8H2,1H3. The Kier molecular flexibility index (Phi) is 5.29. The molecular formula is C20H17F3N2O5S. The number of aromatic nitrogens is 1. The van der Waals surface area contributed by atoms with Gasteiger partial charge in [0.05, 0.1) is 10.6 Å². The molecule has 2 heterocycles. The average molecular weight is 454 g/mol. The van der Waals surface area contributed by atoms with E-state index in [1.807, 2.05) is 0 Å². The van der Waals surface area contributed by atoms with Crippen LogP contribution in [0, 0.1) is 0 Å². The number of halogens is 3. The minimum absolute atomic E-state index is 0.0704. The maximum absolute atomic E-state index is 13.1. The van der Waals surface area contributed by atoms with Crippen LogP contribution in [0.15, 0.2) is 51.9 Å². The van der Waals surface area contributed by atoms with Crippen LogP contribution in [-0.2, 0) is 22.6 Å². The second kappa shape index (κ2) is 7.80. The molecule has 2 aromatic carbocycles. The SMILES string of the molecule is CCc1ccc(-c2cc(C(F)(F)F)on2)cc1S(=O)(=O)Nc1ccc2c(c1)OCCO2. The van der Waals surface area contributed by atoms with E-state index in [1.54, 1.807) is 13.0 Å². The monoisotopic (exact) mass is 454 g/mol. The number of nitrogens with zero attached hydrogens (tertiary/aromatic N) is 1. The molecule has 3 aromatic rings. The van der Waals surface area contributed by atoms with Crippen molar-refractivity contribution >= 4 is 15.7 Å². The maximum atomic E-state index is 13.1. The summed E-state index contributed by atoms with van der Waals surface area (Å²) < 4.78 is 82.3. The predicted octanol–water partition coefficient (Wildman–Crippen LogP) is 4.49. The van der Waals surface area contributed by atoms with Gasteiger partial charge in [0.2, 0.25) is 5.76 Å². The molecule has 11 heteroatoms. The zero-order valence-electron chi connectivity index (χ0n) is 16.2. The summed E-state index contributed by atoms with van der Waals surface area (Å²) in [6, 6.07) is 9.68. The van der Waals surface area contributed by atoms with Gasteiger partial charge in [-0.3, -0.25) is 4.72 Å². The summed E-state index contributed by atoms with van der Waals surface area (Å²) in [7, 11) is -4.06. The van der Waals surface area contributed by atoms with Gasteiger partial charge in [-0.05, 0) is 30.2 Å². The molecule has 31 heavy (non-hydrogen) atoms. The van der Waals surface area contributed by atoms with Crippen LogP contribution in [-0.4, -0.2) is 26.8 Å². The number of rotatable bonds is 5. The molecule has 0 spiro atoms. The normalized spacial score (nSPS) is 13.8. The lowest BCUT2D eigenvalue weighted by molar-refractivity contribution is -0.155. The van der Waals surface area contributed by atoms with E-state index in [4.69, 9.17) is 9.47 Å². The summed E-state index contributed by atoms with van der Waals surface area (Å²) in [5, 5.41) is 3.42. The highest BCUT2D eigenvalue weighted by atomic mass is 32.2. The molecule has 1 aliphatic rings. The number of hydrogen-bond donors (Lipinski definition) is 1. The van der Waals surface area contributed by atoms with Crippen molar-refractivity contribution in [3.63, 3.8) is 0 Å². The highest BCUT2D eigenvalue weighted by molar-refractivity contribution is 7.92. The summed E-state index contributed by atoms with van der Waals surface area (Å²) in [6.45, 7) is 2.53. The van der Waals surface area contributed by atoms with Crippen molar-refractivity contribution in [3.8, 4) is 22.8 Å². The minimum Gasteiger partial charge on any atom is -0.486 e. The highest BCUT2D eigenvalue weighted by Gasteiger charge is 2.36. The van der Waals surface area contributed by atoms with Crippen LogP contribution in [0.4, 0.5) is 18.9 Å². The van der Waals surface area contributed by atoms with Gasteiger partial charge in [-0.1, -0.05) is 24.2 Å². The molecule has 164 valence electrons. The summed E-state index contributed by atoms with van der Waals surface area (Å²) >= 11 is 0. The molecule has 1 aromatic heterocycles. The second-order valence-corrected chi connectivity index (χ2v) is 8.36. The lowest BCUT2D eigenvalue weighted by Gasteiger charge is -2.19. The molecule has 0 amide bonds. The van der Waals surface area contributed by atoms with E-state index in [0.717, 1.165) is 6.07 Å². The van der Waals surface area contributed by atoms with Gasteiger partial charge in [-0.15, -0.1) is 0 Å². The van der Waals surface area contributed by atoms with Gasteiger partial charge in [0.1, 0.15) is 18.9 Å². The summed E-state index contributed by atoms with van der Waals surface area (Å²) in [6.07, 6.45) is -4.30. The third-order valence-electron chi connectivity index (χ3n) is 4.62. The quantitative estimate of drug-likeness (QED) is 0.611. The molecule has 0 fully saturated rings. The van der Waals surface area contributed by atoms with Crippen LogP contribution < -0.4 is 14.2 Å². The van der Waals surface area contributed by atoms with Gasteiger partial charge < -0.3 is 14.0 Å². The number of hydrogen-bond acceptors (Lipinski definition) is 6. The van der Waals surface area contributed by atoms with Crippen LogP contribution >= 0.6 is 0 Å². The van der Waals surface area contributed by atoms with E-state index in [0.29, 0.717) is 36.7 Å². The molecule has 0 aliphatic carbocycles. The molecule has 0 saturated carbocycles. The van der Waals surface area contributed by atoms with Crippen molar-refractivity contribution in [2.75, 3.05) is 17.9 Å². The first-order chi connectivity index (χ1) is 14.7. The van der Waals surface area contributed by atoms with Gasteiger partial charge >= 0.3 is 6.18 Å². The number of sulfonamides is 1. The molecule has 4 rings (SSSR count). The summed E-state index contributed by atoms with van der Waals surface area (Å²) in [5.74, 6) is -0.337. The van der Waals surface area contributed by atoms with Crippen LogP contribution in [0.25, 0.3) is 11.3 Å². The van der Waals surface area contributed by atoms with E-state index in [9.17, 15) is 21.6 Å². The fourth-order valence-corrected chi connectivity index (χ4v) is 4.50. The van der Waals surface area contributed by atoms with Gasteiger partial charge in [0.25, 0.3) is 10.0 Å². The minimum atomic E-state index is -4.69. The van der Waals surface area contributed by atoms with Crippen molar-refractivity contribution < 1.29 is 35.6 Å². The van der Waals surface area contributed by atoms with E-state index in [1.165, 1.54) is 30.3 Å². The average Bonchev–Trinajstić information content (AvgIpc) is 3.24. The Bertz CT molecular complexity index is 1220. The molecule has 0 radical (unpaired) electrons. The van der Waals surface area contributed by atoms with Crippen molar-refractivity contribution in [2.24, 2.45) is 0 Å². The lowest BCUT2D eigenvalue weighted by Crippen LogP contribution is -2.17. The predicted molar refractivity (Wildman–Crippen MR) is 105 cm³/mol. The molecule has 7 nitrogen and oxygen atoms in total. The number of alkyl halides is 3. The first-order valence-electron chi connectivity index (χ1n) is 9.27. The number of benzene rings is 2. The topological polar surface area (TPSA) is 90.7 Å². The number of ether oxygens (including phenoxy) is 2. The first-order valence-corrected chi connectivity index (χ1v) is 10.8. The molecule has 0 saturated heterocycles. The smallest absolute Gasteiger partial charge is 0.452 e. The van der Waals surface area contributed by atoms with Gasteiger partial charge in [-0.2, -0.15) is 13.2 Å². The van der Waals surface area contributed by atoms with E-state index >= 15 is 0 Å². The third kappa shape index (κ3) is 4.31. The lowest BCUT2D eigenvalue weighted by atomic mass is 10.1. The molecule has 0 unspecified atom stereocenters. The summed E-state index contributed by atoms with van der Waals surface area (Å²) in [4.78, 5) is -0.0704. The number of anilines is 1. The van der Waals surface area contributed by atoms with Crippen LogP contribution in [0.5, 0.6) is 11.5 Å². The van der Waals surface area contributed by atoms with Crippen LogP contribution in [0.3, 0.4) is 0 Å². The van der Waals surface area contributed by atoms with Gasteiger partial charge in [-0.25, -0.2) is 8.42 Å². The third-order valence-corrected chi connectivity index (χ3v) is 6.08. The molecule has 0 bridgehead atoms. The van der Waals surface area contributed by atoms with E-state index < -0.39 is 22.0 Å². The highest BCUT2D eigenvalue weighted by Crippen LogP contribution is 2.35. The zero-order chi connectivity index (χ0) is 22.2. The van der Waals surface area contributed by atoms with Crippen molar-refractivity contribution in [1.82, 2.24) is 5.16 Å². The van der Waals surface area contributed by atoms with Crippen LogP contribution in [0.2, 0.25) is 0 Å². The Balaban J connectivity index is 1.69.